The number of carbonyl (C=O) groups is 3. The summed E-state index contributed by atoms with van der Waals surface area (Å²) >= 11 is 1.25. The van der Waals surface area contributed by atoms with Crippen LogP contribution in [0.2, 0.25) is 0 Å². The van der Waals surface area contributed by atoms with Crippen molar-refractivity contribution in [3.63, 3.8) is 0 Å². The highest BCUT2D eigenvalue weighted by molar-refractivity contribution is 7.16. The molecule has 194 valence electrons. The molecule has 3 heterocycles. The van der Waals surface area contributed by atoms with Crippen LogP contribution in [0.4, 0.5) is 20.1 Å². The minimum atomic E-state index is -1.15. The van der Waals surface area contributed by atoms with Gasteiger partial charge in [-0.15, -0.1) is 11.3 Å². The van der Waals surface area contributed by atoms with Gasteiger partial charge in [-0.3, -0.25) is 14.5 Å². The third kappa shape index (κ3) is 5.90. The number of benzene rings is 1. The Morgan fingerprint density at radius 1 is 1.16 bits per heavy atom. The number of halogens is 1. The highest BCUT2D eigenvalue weighted by atomic mass is 32.1. The number of ether oxygens (including phenoxy) is 1. The Kier molecular flexibility index (Phi) is 7.58. The van der Waals surface area contributed by atoms with Crippen molar-refractivity contribution in [3.8, 4) is 22.9 Å². The van der Waals surface area contributed by atoms with Crippen molar-refractivity contribution in [2.75, 3.05) is 17.3 Å². The predicted molar refractivity (Wildman–Crippen MR) is 138 cm³/mol. The van der Waals surface area contributed by atoms with Crippen LogP contribution in [0, 0.1) is 12.7 Å². The third-order valence-corrected chi connectivity index (χ3v) is 6.18. The zero-order valence-electron chi connectivity index (χ0n) is 20.1. The number of nitrogens with two attached hydrogens (primary N) is 1. The number of nitrogens with one attached hydrogen (secondary N) is 1. The maximum atomic E-state index is 14.7. The first-order valence-corrected chi connectivity index (χ1v) is 11.9. The van der Waals surface area contributed by atoms with Gasteiger partial charge in [-0.25, -0.2) is 24.1 Å². The molecule has 1 aromatic carbocycles. The van der Waals surface area contributed by atoms with Gasteiger partial charge in [0.05, 0.1) is 12.1 Å². The maximum absolute atomic E-state index is 14.7. The van der Waals surface area contributed by atoms with Crippen LogP contribution >= 0.6 is 11.3 Å². The molecule has 4 aromatic rings. The molecule has 0 saturated carbocycles. The molecule has 13 heteroatoms. The second-order valence-corrected chi connectivity index (χ2v) is 9.18. The zero-order valence-corrected chi connectivity index (χ0v) is 21.0. The van der Waals surface area contributed by atoms with E-state index in [2.05, 4.69) is 20.3 Å². The van der Waals surface area contributed by atoms with Gasteiger partial charge >= 0.3 is 6.09 Å². The Morgan fingerprint density at radius 3 is 2.66 bits per heavy atom. The van der Waals surface area contributed by atoms with Crippen LogP contribution in [0.25, 0.3) is 11.3 Å². The van der Waals surface area contributed by atoms with Gasteiger partial charge < -0.3 is 20.9 Å². The molecule has 11 nitrogen and oxygen atoms in total. The number of rotatable bonds is 8. The molecule has 0 aliphatic rings. The average molecular weight is 537 g/mol. The second-order valence-electron chi connectivity index (χ2n) is 7.98. The number of aromatic nitrogens is 3. The van der Waals surface area contributed by atoms with Crippen molar-refractivity contribution in [3.05, 3.63) is 76.7 Å². The Hall–Kier alpha value is -4.91. The van der Waals surface area contributed by atoms with Gasteiger partial charge in [0.15, 0.2) is 16.7 Å². The lowest BCUT2D eigenvalue weighted by atomic mass is 10.1. The molecule has 0 aliphatic heterocycles. The lowest BCUT2D eigenvalue weighted by Crippen LogP contribution is -2.24. The van der Waals surface area contributed by atoms with Crippen molar-refractivity contribution in [1.82, 2.24) is 15.0 Å². The summed E-state index contributed by atoms with van der Waals surface area (Å²) in [7, 11) is 1.38. The predicted octanol–water partition coefficient (Wildman–Crippen LogP) is 4.23. The van der Waals surface area contributed by atoms with Crippen LogP contribution in [0.1, 0.15) is 20.8 Å². The SMILES string of the molecule is Cc1sc(NC(=O)Cc2ccc(Oc3ncccc3C(N)=O)c(F)c2)nc1-c1ccnc(N(C)C(=O)O)c1. The topological polar surface area (TPSA) is 161 Å². The second kappa shape index (κ2) is 11.0. The van der Waals surface area contributed by atoms with Crippen LogP contribution in [-0.2, 0) is 11.2 Å². The van der Waals surface area contributed by atoms with Crippen molar-refractivity contribution in [2.45, 2.75) is 13.3 Å². The van der Waals surface area contributed by atoms with Crippen LogP contribution in [0.15, 0.2) is 54.9 Å². The number of nitrogens with zero attached hydrogens (tertiary/aromatic N) is 4. The highest BCUT2D eigenvalue weighted by Crippen LogP contribution is 2.32. The number of carboxylic acid groups (broad SMARTS) is 1. The average Bonchev–Trinajstić information content (AvgIpc) is 3.24. The molecule has 0 fully saturated rings. The summed E-state index contributed by atoms with van der Waals surface area (Å²) < 4.78 is 20.1. The largest absolute Gasteiger partial charge is 0.465 e. The lowest BCUT2D eigenvalue weighted by molar-refractivity contribution is -0.115. The van der Waals surface area contributed by atoms with Crippen molar-refractivity contribution in [2.24, 2.45) is 5.73 Å². The van der Waals surface area contributed by atoms with Gasteiger partial charge in [0.25, 0.3) is 5.91 Å². The molecule has 0 radical (unpaired) electrons. The molecule has 0 unspecified atom stereocenters. The molecule has 3 amide bonds. The molecule has 38 heavy (non-hydrogen) atoms. The van der Waals surface area contributed by atoms with Crippen LogP contribution in [0.3, 0.4) is 0 Å². The van der Waals surface area contributed by atoms with E-state index in [4.69, 9.17) is 10.5 Å². The lowest BCUT2D eigenvalue weighted by Gasteiger charge is -2.12. The quantitative estimate of drug-likeness (QED) is 0.301. The summed E-state index contributed by atoms with van der Waals surface area (Å²) in [5, 5.41) is 12.2. The monoisotopic (exact) mass is 536 g/mol. The number of thiazole rings is 1. The van der Waals surface area contributed by atoms with Crippen LogP contribution in [0.5, 0.6) is 11.6 Å². The van der Waals surface area contributed by atoms with E-state index in [1.807, 2.05) is 6.92 Å². The van der Waals surface area contributed by atoms with Gasteiger partial charge in [-0.05, 0) is 48.9 Å². The van der Waals surface area contributed by atoms with E-state index in [9.17, 15) is 23.9 Å². The number of hydrogen-bond donors (Lipinski definition) is 3. The molecule has 0 bridgehead atoms. The molecule has 4 N–H and O–H groups in total. The van der Waals surface area contributed by atoms with Gasteiger partial charge in [0.1, 0.15) is 11.4 Å². The Morgan fingerprint density at radius 2 is 1.95 bits per heavy atom. The van der Waals surface area contributed by atoms with E-state index < -0.39 is 23.7 Å². The fraction of sp³-hybridized carbons (Fsp3) is 0.120. The Labute approximate surface area is 219 Å². The summed E-state index contributed by atoms with van der Waals surface area (Å²) in [5.74, 6) is -2.00. The first-order chi connectivity index (χ1) is 18.1. The molecule has 4 rings (SSSR count). The first kappa shape index (κ1) is 26.2. The fourth-order valence-electron chi connectivity index (χ4n) is 3.41. The highest BCUT2D eigenvalue weighted by Gasteiger charge is 2.17. The first-order valence-electron chi connectivity index (χ1n) is 11.0. The maximum Gasteiger partial charge on any atom is 0.412 e. The van der Waals surface area contributed by atoms with Crippen molar-refractivity contribution in [1.29, 1.82) is 0 Å². The van der Waals surface area contributed by atoms with Gasteiger partial charge in [0, 0.05) is 29.9 Å². The molecule has 0 atom stereocenters. The van der Waals surface area contributed by atoms with E-state index in [0.717, 1.165) is 15.8 Å². The number of anilines is 2. The smallest absolute Gasteiger partial charge is 0.412 e. The van der Waals surface area contributed by atoms with Gasteiger partial charge in [0.2, 0.25) is 11.8 Å². The number of pyridine rings is 2. The number of primary amides is 1. The number of aryl methyl sites for hydroxylation is 1. The van der Waals surface area contributed by atoms with Gasteiger partial charge in [-0.2, -0.15) is 0 Å². The number of hydrogen-bond acceptors (Lipinski definition) is 8. The standard InChI is InChI=1S/C25H21FN6O5S/c1-13-21(15-7-9-28-19(12-15)32(2)25(35)36)31-24(38-13)30-20(33)11-14-5-6-18(17(26)10-14)37-23-16(22(27)34)4-3-8-29-23/h3-10,12H,11H2,1-2H3,(H2,27,34)(H,35,36)(H,30,31,33). The summed E-state index contributed by atoms with van der Waals surface area (Å²) in [6.45, 7) is 1.82. The van der Waals surface area contributed by atoms with E-state index in [1.165, 1.54) is 55.0 Å². The molecule has 3 aromatic heterocycles. The third-order valence-electron chi connectivity index (χ3n) is 5.30. The molecular formula is C25H21FN6O5S. The number of carbonyl (C=O) groups excluding carboxylic acids is 2. The molecular weight excluding hydrogens is 515 g/mol. The minimum Gasteiger partial charge on any atom is -0.465 e. The Balaban J connectivity index is 1.44. The van der Waals surface area contributed by atoms with E-state index in [1.54, 1.807) is 12.1 Å². The zero-order chi connectivity index (χ0) is 27.4. The van der Waals surface area contributed by atoms with Crippen molar-refractivity contribution < 1.29 is 28.6 Å². The Bertz CT molecular complexity index is 1540. The fourth-order valence-corrected chi connectivity index (χ4v) is 4.27. The molecule has 0 spiro atoms. The van der Waals surface area contributed by atoms with Crippen LogP contribution < -0.4 is 20.7 Å². The van der Waals surface area contributed by atoms with Gasteiger partial charge in [-0.1, -0.05) is 6.07 Å². The number of amides is 3. The van der Waals surface area contributed by atoms with Crippen molar-refractivity contribution >= 4 is 40.2 Å². The van der Waals surface area contributed by atoms with Crippen LogP contribution in [-0.4, -0.2) is 45.0 Å². The normalized spacial score (nSPS) is 10.6. The van der Waals surface area contributed by atoms with E-state index in [0.29, 0.717) is 22.0 Å². The van der Waals surface area contributed by atoms with E-state index >= 15 is 0 Å². The summed E-state index contributed by atoms with van der Waals surface area (Å²) in [6, 6.07) is 10.2. The molecule has 0 saturated heterocycles. The molecule has 0 aliphatic carbocycles. The minimum absolute atomic E-state index is 0.00496. The summed E-state index contributed by atoms with van der Waals surface area (Å²) in [5.41, 5.74) is 6.90. The summed E-state index contributed by atoms with van der Waals surface area (Å²) in [6.07, 6.45) is 1.57. The summed E-state index contributed by atoms with van der Waals surface area (Å²) in [4.78, 5) is 49.6. The van der Waals surface area contributed by atoms with E-state index in [-0.39, 0.29) is 29.4 Å².